The minimum atomic E-state index is -0.299. The fraction of sp³-hybridized carbons (Fsp3) is 0.200. The molecule has 0 spiro atoms. The number of nitrogens with zero attached hydrogens (tertiary/aromatic N) is 4. The number of benzene rings is 1. The highest BCUT2D eigenvalue weighted by molar-refractivity contribution is 6.03. The molecule has 1 amide bonds. The Labute approximate surface area is 127 Å². The van der Waals surface area contributed by atoms with Crippen molar-refractivity contribution >= 4 is 11.9 Å². The monoisotopic (exact) mass is 297 g/mol. The first-order valence-corrected chi connectivity index (χ1v) is 6.75. The summed E-state index contributed by atoms with van der Waals surface area (Å²) in [6.07, 6.45) is 0. The van der Waals surface area contributed by atoms with E-state index in [0.29, 0.717) is 11.3 Å². The van der Waals surface area contributed by atoms with Gasteiger partial charge >= 0.3 is 6.01 Å². The highest BCUT2D eigenvalue weighted by Crippen LogP contribution is 2.19. The number of amides is 1. The second kappa shape index (κ2) is 5.44. The fourth-order valence-corrected chi connectivity index (χ4v) is 1.92. The second-order valence-electron chi connectivity index (χ2n) is 5.03. The molecule has 2 aromatic heterocycles. The van der Waals surface area contributed by atoms with Crippen LogP contribution in [0.2, 0.25) is 0 Å². The molecule has 0 fully saturated rings. The minimum Gasteiger partial charge on any atom is -0.401 e. The molecule has 22 heavy (non-hydrogen) atoms. The van der Waals surface area contributed by atoms with Crippen molar-refractivity contribution in [1.82, 2.24) is 20.0 Å². The zero-order chi connectivity index (χ0) is 15.7. The molecule has 2 heterocycles. The van der Waals surface area contributed by atoms with E-state index < -0.39 is 0 Å². The van der Waals surface area contributed by atoms with E-state index in [1.54, 1.807) is 16.8 Å². The lowest BCUT2D eigenvalue weighted by molar-refractivity contribution is 0.102. The maximum Gasteiger partial charge on any atom is 0.322 e. The average molecular weight is 297 g/mol. The van der Waals surface area contributed by atoms with Gasteiger partial charge in [0.05, 0.1) is 0 Å². The van der Waals surface area contributed by atoms with E-state index in [9.17, 15) is 4.79 Å². The van der Waals surface area contributed by atoms with Crippen LogP contribution in [-0.4, -0.2) is 25.9 Å². The van der Waals surface area contributed by atoms with Gasteiger partial charge < -0.3 is 4.42 Å². The molecule has 3 aromatic rings. The van der Waals surface area contributed by atoms with Crippen LogP contribution >= 0.6 is 0 Å². The summed E-state index contributed by atoms with van der Waals surface area (Å²) in [6, 6.07) is 9.09. The molecule has 112 valence electrons. The van der Waals surface area contributed by atoms with Crippen molar-refractivity contribution in [3.05, 3.63) is 47.2 Å². The Morgan fingerprint density at radius 3 is 2.55 bits per heavy atom. The molecular formula is C15H15N5O2. The van der Waals surface area contributed by atoms with Gasteiger partial charge in [-0.1, -0.05) is 22.8 Å². The SMILES string of the molecule is Cc1ccc(C(=O)Nc2nnc(-c3cc(C)n(C)n3)o2)cc1. The van der Waals surface area contributed by atoms with E-state index >= 15 is 0 Å². The van der Waals surface area contributed by atoms with Gasteiger partial charge in [-0.05, 0) is 32.0 Å². The number of rotatable bonds is 3. The van der Waals surface area contributed by atoms with Crippen LogP contribution in [0.5, 0.6) is 0 Å². The zero-order valence-electron chi connectivity index (χ0n) is 12.5. The van der Waals surface area contributed by atoms with Gasteiger partial charge in [-0.3, -0.25) is 14.8 Å². The molecule has 0 saturated heterocycles. The lowest BCUT2D eigenvalue weighted by Crippen LogP contribution is -2.11. The molecule has 7 heteroatoms. The smallest absolute Gasteiger partial charge is 0.322 e. The first-order valence-electron chi connectivity index (χ1n) is 6.75. The van der Waals surface area contributed by atoms with Gasteiger partial charge in [0.15, 0.2) is 0 Å². The van der Waals surface area contributed by atoms with Gasteiger partial charge in [-0.25, -0.2) is 0 Å². The predicted molar refractivity (Wildman–Crippen MR) is 80.4 cm³/mol. The van der Waals surface area contributed by atoms with Gasteiger partial charge in [-0.2, -0.15) is 5.10 Å². The number of nitrogens with one attached hydrogen (secondary N) is 1. The normalized spacial score (nSPS) is 10.7. The van der Waals surface area contributed by atoms with E-state index in [-0.39, 0.29) is 17.8 Å². The number of hydrogen-bond acceptors (Lipinski definition) is 5. The van der Waals surface area contributed by atoms with E-state index in [1.807, 2.05) is 39.1 Å². The molecular weight excluding hydrogens is 282 g/mol. The molecule has 1 aromatic carbocycles. The van der Waals surface area contributed by atoms with Gasteiger partial charge in [0.2, 0.25) is 0 Å². The maximum absolute atomic E-state index is 12.1. The van der Waals surface area contributed by atoms with E-state index in [4.69, 9.17) is 4.42 Å². The van der Waals surface area contributed by atoms with Crippen molar-refractivity contribution in [3.63, 3.8) is 0 Å². The van der Waals surface area contributed by atoms with Crippen LogP contribution in [0.1, 0.15) is 21.6 Å². The molecule has 3 rings (SSSR count). The quantitative estimate of drug-likeness (QED) is 0.802. The Kier molecular flexibility index (Phi) is 3.46. The fourth-order valence-electron chi connectivity index (χ4n) is 1.92. The minimum absolute atomic E-state index is 0.0453. The maximum atomic E-state index is 12.1. The molecule has 0 bridgehead atoms. The third-order valence-corrected chi connectivity index (χ3v) is 3.29. The third-order valence-electron chi connectivity index (χ3n) is 3.29. The van der Waals surface area contributed by atoms with Crippen LogP contribution in [0, 0.1) is 13.8 Å². The van der Waals surface area contributed by atoms with E-state index in [1.165, 1.54) is 0 Å². The number of hydrogen-bond donors (Lipinski definition) is 1. The van der Waals surface area contributed by atoms with Crippen molar-refractivity contribution in [1.29, 1.82) is 0 Å². The van der Waals surface area contributed by atoms with Crippen LogP contribution in [0.4, 0.5) is 6.01 Å². The summed E-state index contributed by atoms with van der Waals surface area (Å²) in [6.45, 7) is 3.88. The van der Waals surface area contributed by atoms with Crippen LogP contribution in [0.25, 0.3) is 11.6 Å². The Morgan fingerprint density at radius 1 is 1.18 bits per heavy atom. The Bertz CT molecular complexity index is 797. The largest absolute Gasteiger partial charge is 0.401 e. The van der Waals surface area contributed by atoms with Crippen LogP contribution in [-0.2, 0) is 7.05 Å². The van der Waals surface area contributed by atoms with Crippen molar-refractivity contribution in [2.24, 2.45) is 7.05 Å². The van der Waals surface area contributed by atoms with Crippen molar-refractivity contribution in [3.8, 4) is 11.6 Å². The van der Waals surface area contributed by atoms with E-state index in [2.05, 4.69) is 20.6 Å². The van der Waals surface area contributed by atoms with Crippen LogP contribution < -0.4 is 5.32 Å². The number of anilines is 1. The van der Waals surface area contributed by atoms with Crippen molar-refractivity contribution < 1.29 is 9.21 Å². The molecule has 0 aliphatic carbocycles. The summed E-state index contributed by atoms with van der Waals surface area (Å²) < 4.78 is 7.14. The van der Waals surface area contributed by atoms with Gasteiger partial charge in [0, 0.05) is 18.3 Å². The zero-order valence-corrected chi connectivity index (χ0v) is 12.5. The summed E-state index contributed by atoms with van der Waals surface area (Å²) in [5, 5.41) is 14.5. The topological polar surface area (TPSA) is 85.8 Å². The van der Waals surface area contributed by atoms with Crippen LogP contribution in [0.3, 0.4) is 0 Å². The average Bonchev–Trinajstić information content (AvgIpc) is 3.07. The molecule has 0 atom stereocenters. The highest BCUT2D eigenvalue weighted by Gasteiger charge is 2.15. The van der Waals surface area contributed by atoms with Crippen LogP contribution in [0.15, 0.2) is 34.7 Å². The summed E-state index contributed by atoms with van der Waals surface area (Å²) in [5.74, 6) is -0.0321. The molecule has 1 N–H and O–H groups in total. The predicted octanol–water partition coefficient (Wildman–Crippen LogP) is 2.34. The second-order valence-corrected chi connectivity index (χ2v) is 5.03. The van der Waals surface area contributed by atoms with Gasteiger partial charge in [0.1, 0.15) is 5.69 Å². The van der Waals surface area contributed by atoms with Gasteiger partial charge in [-0.15, -0.1) is 5.10 Å². The molecule has 0 aliphatic rings. The number of aryl methyl sites for hydroxylation is 3. The number of carbonyl (C=O) groups is 1. The number of carbonyl (C=O) groups excluding carboxylic acids is 1. The summed E-state index contributed by atoms with van der Waals surface area (Å²) in [7, 11) is 1.83. The standard InChI is InChI=1S/C15H15N5O2/c1-9-4-6-11(7-5-9)13(21)16-15-18-17-14(22-15)12-8-10(2)20(3)19-12/h4-8H,1-3H3,(H,16,18,21). The summed E-state index contributed by atoms with van der Waals surface area (Å²) >= 11 is 0. The summed E-state index contributed by atoms with van der Waals surface area (Å²) in [5.41, 5.74) is 3.16. The summed E-state index contributed by atoms with van der Waals surface area (Å²) in [4.78, 5) is 12.1. The lowest BCUT2D eigenvalue weighted by atomic mass is 10.1. The Hall–Kier alpha value is -2.96. The molecule has 0 unspecified atom stereocenters. The Morgan fingerprint density at radius 2 is 1.91 bits per heavy atom. The molecule has 7 nitrogen and oxygen atoms in total. The third kappa shape index (κ3) is 2.73. The Balaban J connectivity index is 1.76. The number of aromatic nitrogens is 4. The van der Waals surface area contributed by atoms with Gasteiger partial charge in [0.25, 0.3) is 11.8 Å². The highest BCUT2D eigenvalue weighted by atomic mass is 16.4. The van der Waals surface area contributed by atoms with E-state index in [0.717, 1.165) is 11.3 Å². The first-order chi connectivity index (χ1) is 10.5. The van der Waals surface area contributed by atoms with Crippen molar-refractivity contribution in [2.75, 3.05) is 5.32 Å². The van der Waals surface area contributed by atoms with Crippen molar-refractivity contribution in [2.45, 2.75) is 13.8 Å². The first kappa shape index (κ1) is 14.0. The molecule has 0 saturated carbocycles. The molecule has 0 aliphatic heterocycles. The molecule has 0 radical (unpaired) electrons. The lowest BCUT2D eigenvalue weighted by Gasteiger charge is -2.00.